The highest BCUT2D eigenvalue weighted by Crippen LogP contribution is 2.58. The molecule has 0 aliphatic heterocycles. The third kappa shape index (κ3) is 1.51. The Morgan fingerprint density at radius 2 is 2.00 bits per heavy atom. The predicted molar refractivity (Wildman–Crippen MR) is 77.7 cm³/mol. The van der Waals surface area contributed by atoms with Crippen molar-refractivity contribution in [2.24, 2.45) is 17.3 Å². The molecule has 4 unspecified atom stereocenters. The van der Waals surface area contributed by atoms with Gasteiger partial charge in [-0.15, -0.1) is 0 Å². The van der Waals surface area contributed by atoms with E-state index < -0.39 is 0 Å². The Balaban J connectivity index is 1.80. The van der Waals surface area contributed by atoms with Crippen LogP contribution in [0.1, 0.15) is 43.7 Å². The van der Waals surface area contributed by atoms with Gasteiger partial charge in [-0.3, -0.25) is 0 Å². The molecule has 3 aliphatic rings. The second kappa shape index (κ2) is 3.96. The van der Waals surface area contributed by atoms with Crippen LogP contribution in [-0.2, 0) is 6.42 Å². The molecule has 1 N–H and O–H groups in total. The van der Waals surface area contributed by atoms with Gasteiger partial charge in [-0.25, -0.2) is 0 Å². The number of aliphatic hydroxyl groups is 1. The van der Waals surface area contributed by atoms with E-state index in [-0.39, 0.29) is 11.5 Å². The maximum Gasteiger partial charge on any atom is 0.0599 e. The zero-order chi connectivity index (χ0) is 13.0. The summed E-state index contributed by atoms with van der Waals surface area (Å²) in [4.78, 5) is 0. The van der Waals surface area contributed by atoms with Crippen molar-refractivity contribution in [2.75, 3.05) is 0 Å². The summed E-state index contributed by atoms with van der Waals surface area (Å²) in [5, 5.41) is 10.3. The van der Waals surface area contributed by atoms with E-state index in [1.165, 1.54) is 30.4 Å². The summed E-state index contributed by atoms with van der Waals surface area (Å²) >= 11 is 0. The number of allylic oxidation sites excluding steroid dienone is 2. The maximum absolute atomic E-state index is 10.3. The fourth-order valence-corrected chi connectivity index (χ4v) is 4.89. The van der Waals surface area contributed by atoms with Crippen LogP contribution in [0.2, 0.25) is 0 Å². The Hall–Kier alpha value is -1.08. The van der Waals surface area contributed by atoms with Crippen LogP contribution in [0.3, 0.4) is 0 Å². The number of aryl methyl sites for hydroxylation is 1. The molecule has 1 heteroatoms. The van der Waals surface area contributed by atoms with E-state index in [4.69, 9.17) is 0 Å². The van der Waals surface area contributed by atoms with E-state index in [2.05, 4.69) is 37.3 Å². The Morgan fingerprint density at radius 3 is 2.89 bits per heavy atom. The van der Waals surface area contributed by atoms with Gasteiger partial charge in [0.2, 0.25) is 0 Å². The molecule has 4 atom stereocenters. The number of hydrogen-bond donors (Lipinski definition) is 1. The van der Waals surface area contributed by atoms with E-state index in [0.717, 1.165) is 12.8 Å². The minimum Gasteiger partial charge on any atom is -0.393 e. The number of fused-ring (bicyclic) bond motifs is 5. The first-order valence-corrected chi connectivity index (χ1v) is 7.66. The van der Waals surface area contributed by atoms with Gasteiger partial charge >= 0.3 is 0 Å². The highest BCUT2D eigenvalue weighted by molar-refractivity contribution is 5.73. The van der Waals surface area contributed by atoms with Crippen molar-refractivity contribution >= 4 is 5.57 Å². The topological polar surface area (TPSA) is 20.2 Å². The predicted octanol–water partition coefficient (Wildman–Crippen LogP) is 3.81. The zero-order valence-corrected chi connectivity index (χ0v) is 11.6. The van der Waals surface area contributed by atoms with E-state index in [0.29, 0.717) is 11.8 Å². The zero-order valence-electron chi connectivity index (χ0n) is 11.6. The summed E-state index contributed by atoms with van der Waals surface area (Å²) in [6.45, 7) is 2.31. The molecule has 100 valence electrons. The van der Waals surface area contributed by atoms with Crippen molar-refractivity contribution in [3.63, 3.8) is 0 Å². The van der Waals surface area contributed by atoms with Crippen molar-refractivity contribution < 1.29 is 5.11 Å². The van der Waals surface area contributed by atoms with Gasteiger partial charge in [0.1, 0.15) is 0 Å². The highest BCUT2D eigenvalue weighted by Gasteiger charge is 2.51. The molecular formula is C18H22O. The molecule has 0 radical (unpaired) electrons. The van der Waals surface area contributed by atoms with Crippen molar-refractivity contribution in [2.45, 2.75) is 45.1 Å². The van der Waals surface area contributed by atoms with Crippen LogP contribution < -0.4 is 0 Å². The Bertz CT molecular complexity index is 544. The van der Waals surface area contributed by atoms with Crippen LogP contribution in [0.25, 0.3) is 5.57 Å². The van der Waals surface area contributed by atoms with Crippen LogP contribution in [-0.4, -0.2) is 11.2 Å². The Kier molecular flexibility index (Phi) is 2.44. The van der Waals surface area contributed by atoms with Crippen molar-refractivity contribution in [1.29, 1.82) is 0 Å². The fourth-order valence-electron chi connectivity index (χ4n) is 4.89. The molecule has 1 aromatic rings. The Labute approximate surface area is 115 Å². The summed E-state index contributed by atoms with van der Waals surface area (Å²) < 4.78 is 0. The molecule has 1 fully saturated rings. The number of hydrogen-bond acceptors (Lipinski definition) is 1. The quantitative estimate of drug-likeness (QED) is 0.746. The fraction of sp³-hybridized carbons (Fsp3) is 0.556. The summed E-state index contributed by atoms with van der Waals surface area (Å²) in [6.07, 6.45) is 8.10. The van der Waals surface area contributed by atoms with E-state index in [1.807, 2.05) is 0 Å². The van der Waals surface area contributed by atoms with Gasteiger partial charge in [-0.2, -0.15) is 0 Å². The van der Waals surface area contributed by atoms with E-state index >= 15 is 0 Å². The molecule has 0 heterocycles. The maximum atomic E-state index is 10.3. The molecule has 1 saturated carbocycles. The molecule has 4 rings (SSSR count). The molecule has 0 bridgehead atoms. The minimum absolute atomic E-state index is 0.0903. The van der Waals surface area contributed by atoms with Crippen molar-refractivity contribution in [3.05, 3.63) is 41.5 Å². The van der Waals surface area contributed by atoms with Gasteiger partial charge in [0, 0.05) is 5.41 Å². The standard InChI is InChI=1S/C18H22O/c1-18-11-10-14-13-5-3-2-4-12(13)6-7-15(14)16(18)8-9-17(18)19/h2-5,10,15-17,19H,6-9,11H2,1H3. The molecular weight excluding hydrogens is 232 g/mol. The lowest BCUT2D eigenvalue weighted by Gasteiger charge is -2.45. The first-order chi connectivity index (χ1) is 9.20. The first kappa shape index (κ1) is 11.7. The Morgan fingerprint density at radius 1 is 1.16 bits per heavy atom. The third-order valence-corrected chi connectivity index (χ3v) is 6.06. The number of benzene rings is 1. The second-order valence-corrected chi connectivity index (χ2v) is 6.87. The van der Waals surface area contributed by atoms with Gasteiger partial charge in [0.05, 0.1) is 6.10 Å². The molecule has 1 nitrogen and oxygen atoms in total. The second-order valence-electron chi connectivity index (χ2n) is 6.87. The molecule has 0 amide bonds. The molecule has 19 heavy (non-hydrogen) atoms. The average Bonchev–Trinajstić information content (AvgIpc) is 2.75. The van der Waals surface area contributed by atoms with Crippen LogP contribution in [0.5, 0.6) is 0 Å². The lowest BCUT2D eigenvalue weighted by atomic mass is 9.60. The van der Waals surface area contributed by atoms with Crippen LogP contribution in [0.15, 0.2) is 30.3 Å². The molecule has 0 saturated heterocycles. The molecule has 3 aliphatic carbocycles. The SMILES string of the molecule is CC12CC=C3c4ccccc4CCC3C1CCC2O. The van der Waals surface area contributed by atoms with Gasteiger partial charge < -0.3 is 5.11 Å². The molecule has 0 aromatic heterocycles. The van der Waals surface area contributed by atoms with E-state index in [9.17, 15) is 5.11 Å². The van der Waals surface area contributed by atoms with Gasteiger partial charge in [0.15, 0.2) is 0 Å². The first-order valence-electron chi connectivity index (χ1n) is 7.66. The van der Waals surface area contributed by atoms with Gasteiger partial charge in [-0.1, -0.05) is 37.3 Å². The average molecular weight is 254 g/mol. The van der Waals surface area contributed by atoms with Crippen molar-refractivity contribution in [1.82, 2.24) is 0 Å². The van der Waals surface area contributed by atoms with Crippen LogP contribution >= 0.6 is 0 Å². The minimum atomic E-state index is -0.0903. The van der Waals surface area contributed by atoms with E-state index in [1.54, 1.807) is 5.57 Å². The summed E-state index contributed by atoms with van der Waals surface area (Å²) in [7, 11) is 0. The highest BCUT2D eigenvalue weighted by atomic mass is 16.3. The number of rotatable bonds is 0. The molecule has 0 spiro atoms. The van der Waals surface area contributed by atoms with Crippen LogP contribution in [0, 0.1) is 17.3 Å². The lowest BCUT2D eigenvalue weighted by molar-refractivity contribution is 0.0251. The van der Waals surface area contributed by atoms with Crippen molar-refractivity contribution in [3.8, 4) is 0 Å². The third-order valence-electron chi connectivity index (χ3n) is 6.06. The van der Waals surface area contributed by atoms with Crippen LogP contribution in [0.4, 0.5) is 0 Å². The van der Waals surface area contributed by atoms with Gasteiger partial charge in [0.25, 0.3) is 0 Å². The van der Waals surface area contributed by atoms with Gasteiger partial charge in [-0.05, 0) is 60.6 Å². The monoisotopic (exact) mass is 254 g/mol. The summed E-state index contributed by atoms with van der Waals surface area (Å²) in [5.74, 6) is 1.38. The smallest absolute Gasteiger partial charge is 0.0599 e. The summed E-state index contributed by atoms with van der Waals surface area (Å²) in [6, 6.07) is 8.90. The largest absolute Gasteiger partial charge is 0.393 e. The normalized spacial score (nSPS) is 40.1. The number of aliphatic hydroxyl groups excluding tert-OH is 1. The lowest BCUT2D eigenvalue weighted by Crippen LogP contribution is -2.39. The summed E-state index contributed by atoms with van der Waals surface area (Å²) in [5.41, 5.74) is 4.73. The molecule has 1 aromatic carbocycles.